The van der Waals surface area contributed by atoms with Gasteiger partial charge in [0.1, 0.15) is 5.25 Å². The van der Waals surface area contributed by atoms with E-state index < -0.39 is 11.1 Å². The lowest BCUT2D eigenvalue weighted by Gasteiger charge is -2.14. The Hall–Kier alpha value is -3.20. The number of thioether (sulfide) groups is 1. The lowest BCUT2D eigenvalue weighted by atomic mass is 10.1. The number of methoxy groups -OCH3 is 1. The number of benzene rings is 2. The van der Waals surface area contributed by atoms with Crippen molar-refractivity contribution >= 4 is 40.1 Å². The van der Waals surface area contributed by atoms with Crippen LogP contribution in [-0.2, 0) is 9.59 Å². The molecule has 2 aromatic rings. The van der Waals surface area contributed by atoms with E-state index >= 15 is 0 Å². The van der Waals surface area contributed by atoms with Gasteiger partial charge in [0, 0.05) is 12.0 Å². The van der Waals surface area contributed by atoms with Crippen molar-refractivity contribution in [2.75, 3.05) is 12.0 Å². The maximum Gasteiger partial charge on any atom is 0.247 e. The molecule has 2 amide bonds. The third kappa shape index (κ3) is 4.62. The van der Waals surface area contributed by atoms with Gasteiger partial charge in [-0.15, -0.1) is 5.10 Å². The summed E-state index contributed by atoms with van der Waals surface area (Å²) in [7, 11) is 1.38. The lowest BCUT2D eigenvalue weighted by Crippen LogP contribution is -2.31. The minimum absolute atomic E-state index is 0.0288. The van der Waals surface area contributed by atoms with Crippen LogP contribution in [0.4, 0.5) is 10.1 Å². The summed E-state index contributed by atoms with van der Waals surface area (Å²) in [4.78, 5) is 26.0. The van der Waals surface area contributed by atoms with Crippen LogP contribution in [0, 0.1) is 5.82 Å². The highest BCUT2D eigenvalue weighted by atomic mass is 32.2. The van der Waals surface area contributed by atoms with Crippen LogP contribution < -0.4 is 15.4 Å². The number of amides is 2. The third-order valence-electron chi connectivity index (χ3n) is 4.25. The molecule has 1 aliphatic heterocycles. The predicted octanol–water partition coefficient (Wildman–Crippen LogP) is 2.94. The van der Waals surface area contributed by atoms with Crippen molar-refractivity contribution in [1.29, 1.82) is 0 Å². The first kappa shape index (κ1) is 20.5. The second-order valence-corrected chi connectivity index (χ2v) is 7.41. The number of nitrogens with two attached hydrogens (primary N) is 1. The highest BCUT2D eigenvalue weighted by Gasteiger charge is 2.40. The van der Waals surface area contributed by atoms with Gasteiger partial charge in [0.25, 0.3) is 0 Å². The largest absolute Gasteiger partial charge is 0.494 e. The summed E-state index contributed by atoms with van der Waals surface area (Å²) in [6.45, 7) is 1.66. The van der Waals surface area contributed by atoms with Crippen LogP contribution in [0.2, 0.25) is 0 Å². The quantitative estimate of drug-likeness (QED) is 0.351. The molecule has 0 aromatic heterocycles. The number of carbonyl (C=O) groups excluding carboxylic acids is 2. The molecule has 0 aliphatic carbocycles. The van der Waals surface area contributed by atoms with Gasteiger partial charge in [0.2, 0.25) is 11.8 Å². The molecule has 3 rings (SSSR count). The first-order valence-electron chi connectivity index (χ1n) is 8.71. The summed E-state index contributed by atoms with van der Waals surface area (Å²) < 4.78 is 18.7. The van der Waals surface area contributed by atoms with Gasteiger partial charge in [0.15, 0.2) is 16.7 Å². The molecule has 0 radical (unpaired) electrons. The monoisotopic (exact) mass is 414 g/mol. The number of hydrogen-bond acceptors (Lipinski definition) is 6. The number of rotatable bonds is 5. The van der Waals surface area contributed by atoms with Gasteiger partial charge < -0.3 is 10.5 Å². The fourth-order valence-electron chi connectivity index (χ4n) is 2.79. The standard InChI is InChI=1S/C20H19FN4O3S/c1-12(13-8-9-16(28-2)15(21)10-13)23-24-20(22)29-17-11-18(26)25(19(17)27)14-6-4-3-5-7-14/h3-10,17H,11H2,1-2H3,(H2,22,24)/b23-12-/t17-/m1/s1. The molecule has 1 fully saturated rings. The van der Waals surface area contributed by atoms with Gasteiger partial charge in [-0.1, -0.05) is 30.0 Å². The van der Waals surface area contributed by atoms with E-state index in [1.54, 1.807) is 43.3 Å². The Morgan fingerprint density at radius 3 is 2.59 bits per heavy atom. The molecule has 2 N–H and O–H groups in total. The number of hydrogen-bond donors (Lipinski definition) is 1. The number of ether oxygens (including phenoxy) is 1. The average Bonchev–Trinajstić information content (AvgIpc) is 2.99. The van der Waals surface area contributed by atoms with Gasteiger partial charge in [-0.05, 0) is 37.3 Å². The Balaban J connectivity index is 1.69. The summed E-state index contributed by atoms with van der Waals surface area (Å²) >= 11 is 0.978. The van der Waals surface area contributed by atoms with E-state index in [1.807, 2.05) is 0 Å². The molecule has 0 bridgehead atoms. The number of amidine groups is 1. The first-order chi connectivity index (χ1) is 13.9. The summed E-state index contributed by atoms with van der Waals surface area (Å²) in [6.07, 6.45) is 0.0288. The number of nitrogens with zero attached hydrogens (tertiary/aromatic N) is 3. The smallest absolute Gasteiger partial charge is 0.247 e. The topological polar surface area (TPSA) is 97.3 Å². The highest BCUT2D eigenvalue weighted by molar-refractivity contribution is 8.14. The molecule has 2 aromatic carbocycles. The first-order valence-corrected chi connectivity index (χ1v) is 9.58. The van der Waals surface area contributed by atoms with Crippen molar-refractivity contribution in [3.05, 3.63) is 59.9 Å². The maximum absolute atomic E-state index is 13.8. The van der Waals surface area contributed by atoms with Crippen molar-refractivity contribution in [2.24, 2.45) is 15.9 Å². The Labute approximate surface area is 171 Å². The van der Waals surface area contributed by atoms with Crippen molar-refractivity contribution < 1.29 is 18.7 Å². The Morgan fingerprint density at radius 2 is 1.93 bits per heavy atom. The maximum atomic E-state index is 13.8. The van der Waals surface area contributed by atoms with Gasteiger partial charge in [-0.2, -0.15) is 5.10 Å². The van der Waals surface area contributed by atoms with Crippen molar-refractivity contribution in [3.63, 3.8) is 0 Å². The molecule has 1 aliphatic rings. The summed E-state index contributed by atoms with van der Waals surface area (Å²) in [6, 6.07) is 13.1. The zero-order valence-corrected chi connectivity index (χ0v) is 16.6. The predicted molar refractivity (Wildman–Crippen MR) is 112 cm³/mol. The van der Waals surface area contributed by atoms with E-state index in [4.69, 9.17) is 10.5 Å². The van der Waals surface area contributed by atoms with E-state index in [0.29, 0.717) is 17.0 Å². The average molecular weight is 414 g/mol. The lowest BCUT2D eigenvalue weighted by molar-refractivity contribution is -0.121. The summed E-state index contributed by atoms with van der Waals surface area (Å²) in [5.41, 5.74) is 7.36. The number of halogens is 1. The van der Waals surface area contributed by atoms with Crippen LogP contribution in [0.5, 0.6) is 5.75 Å². The van der Waals surface area contributed by atoms with Crippen LogP contribution in [0.15, 0.2) is 58.7 Å². The molecule has 1 heterocycles. The number of carbonyl (C=O) groups is 2. The second kappa shape index (κ2) is 8.87. The molecule has 150 valence electrons. The molecule has 1 saturated heterocycles. The number of anilines is 1. The van der Waals surface area contributed by atoms with E-state index in [9.17, 15) is 14.0 Å². The van der Waals surface area contributed by atoms with Crippen LogP contribution in [0.25, 0.3) is 0 Å². The molecular formula is C20H19FN4O3S. The molecule has 0 unspecified atom stereocenters. The minimum atomic E-state index is -0.666. The molecule has 7 nitrogen and oxygen atoms in total. The van der Waals surface area contributed by atoms with Crippen molar-refractivity contribution in [1.82, 2.24) is 0 Å². The van der Waals surface area contributed by atoms with Crippen LogP contribution in [0.3, 0.4) is 0 Å². The summed E-state index contributed by atoms with van der Waals surface area (Å²) in [5.74, 6) is -1.02. The minimum Gasteiger partial charge on any atom is -0.494 e. The SMILES string of the molecule is COc1ccc(/C(C)=N\N=C(N)S[C@@H]2CC(=O)N(c3ccccc3)C2=O)cc1F. The number of para-hydroxylation sites is 1. The summed E-state index contributed by atoms with van der Waals surface area (Å²) in [5, 5.41) is 7.27. The molecule has 29 heavy (non-hydrogen) atoms. The van der Waals surface area contributed by atoms with Gasteiger partial charge >= 0.3 is 0 Å². The van der Waals surface area contributed by atoms with Gasteiger partial charge in [-0.3, -0.25) is 9.59 Å². The molecule has 0 saturated carbocycles. The Morgan fingerprint density at radius 1 is 1.21 bits per heavy atom. The Kier molecular flexibility index (Phi) is 6.28. The van der Waals surface area contributed by atoms with Crippen molar-refractivity contribution in [3.8, 4) is 5.75 Å². The molecular weight excluding hydrogens is 395 g/mol. The second-order valence-electron chi connectivity index (χ2n) is 6.19. The Bertz CT molecular complexity index is 994. The van der Waals surface area contributed by atoms with Crippen LogP contribution in [0.1, 0.15) is 18.9 Å². The fraction of sp³-hybridized carbons (Fsp3) is 0.200. The van der Waals surface area contributed by atoms with E-state index in [1.165, 1.54) is 19.2 Å². The highest BCUT2D eigenvalue weighted by Crippen LogP contribution is 2.29. The van der Waals surface area contributed by atoms with Gasteiger partial charge in [0.05, 0.1) is 18.5 Å². The molecule has 0 spiro atoms. The normalized spacial score (nSPS) is 17.8. The van der Waals surface area contributed by atoms with Crippen molar-refractivity contribution in [2.45, 2.75) is 18.6 Å². The third-order valence-corrected chi connectivity index (χ3v) is 5.23. The van der Waals surface area contributed by atoms with Gasteiger partial charge in [-0.25, -0.2) is 9.29 Å². The van der Waals surface area contributed by atoms with E-state index in [2.05, 4.69) is 10.2 Å². The fourth-order valence-corrected chi connectivity index (χ4v) is 3.60. The zero-order valence-electron chi connectivity index (χ0n) is 15.8. The van der Waals surface area contributed by atoms with E-state index in [-0.39, 0.29) is 29.2 Å². The number of imide groups is 1. The van der Waals surface area contributed by atoms with E-state index in [0.717, 1.165) is 16.7 Å². The molecule has 9 heteroatoms. The zero-order chi connectivity index (χ0) is 21.0. The van der Waals surface area contributed by atoms with Crippen LogP contribution >= 0.6 is 11.8 Å². The molecule has 1 atom stereocenters. The van der Waals surface area contributed by atoms with Crippen LogP contribution in [-0.4, -0.2) is 35.1 Å².